The summed E-state index contributed by atoms with van der Waals surface area (Å²) >= 11 is 0. The fourth-order valence-electron chi connectivity index (χ4n) is 8.02. The second-order valence-corrected chi connectivity index (χ2v) is 12.0. The molecule has 2 heterocycles. The molecule has 0 spiro atoms. The Morgan fingerprint density at radius 3 is 2.56 bits per heavy atom. The molecule has 8 heteroatoms. The molecule has 7 rings (SSSR count). The SMILES string of the molecule is CC1(C)C(=NC#N)N(C2C3CC4CC2CC(C(N)=O)(C4)C3)CC1COc1ccc(-n2ccnc2)cc1. The number of likely N-dealkylation sites (tertiary alicyclic amines) is 1. The van der Waals surface area contributed by atoms with E-state index in [9.17, 15) is 10.1 Å². The molecule has 5 aliphatic rings. The van der Waals surface area contributed by atoms with Crippen LogP contribution in [0.5, 0.6) is 5.75 Å². The van der Waals surface area contributed by atoms with Crippen molar-refractivity contribution in [3.63, 3.8) is 0 Å². The Labute approximate surface area is 212 Å². The second-order valence-electron chi connectivity index (χ2n) is 12.0. The summed E-state index contributed by atoms with van der Waals surface area (Å²) in [5.41, 5.74) is 6.35. The number of imidazole rings is 1. The van der Waals surface area contributed by atoms with E-state index in [1.165, 1.54) is 0 Å². The van der Waals surface area contributed by atoms with Gasteiger partial charge in [0.2, 0.25) is 12.1 Å². The molecule has 2 N–H and O–H groups in total. The van der Waals surface area contributed by atoms with Crippen LogP contribution in [0.25, 0.3) is 5.69 Å². The molecule has 1 saturated heterocycles. The summed E-state index contributed by atoms with van der Waals surface area (Å²) in [6.45, 7) is 5.72. The zero-order chi connectivity index (χ0) is 25.1. The first-order valence-corrected chi connectivity index (χ1v) is 13.1. The Morgan fingerprint density at radius 2 is 1.94 bits per heavy atom. The summed E-state index contributed by atoms with van der Waals surface area (Å²) in [7, 11) is 0. The predicted molar refractivity (Wildman–Crippen MR) is 135 cm³/mol. The summed E-state index contributed by atoms with van der Waals surface area (Å²) in [5, 5.41) is 9.58. The molecule has 1 aromatic heterocycles. The molecular weight excluding hydrogens is 452 g/mol. The zero-order valence-electron chi connectivity index (χ0n) is 21.0. The number of nitriles is 1. The number of rotatable bonds is 6. The van der Waals surface area contributed by atoms with Crippen LogP contribution in [0, 0.1) is 46.0 Å². The molecule has 1 aliphatic heterocycles. The van der Waals surface area contributed by atoms with Crippen LogP contribution in [0.4, 0.5) is 0 Å². The minimum Gasteiger partial charge on any atom is -0.493 e. The van der Waals surface area contributed by atoms with Crippen molar-refractivity contribution in [1.29, 1.82) is 5.26 Å². The van der Waals surface area contributed by atoms with Gasteiger partial charge >= 0.3 is 0 Å². The Balaban J connectivity index is 1.20. The van der Waals surface area contributed by atoms with Crippen LogP contribution >= 0.6 is 0 Å². The van der Waals surface area contributed by atoms with E-state index in [2.05, 4.69) is 34.9 Å². The lowest BCUT2D eigenvalue weighted by Gasteiger charge is -2.60. The van der Waals surface area contributed by atoms with Crippen molar-refractivity contribution in [2.45, 2.75) is 52.0 Å². The van der Waals surface area contributed by atoms with Crippen molar-refractivity contribution in [2.75, 3.05) is 13.2 Å². The van der Waals surface area contributed by atoms with Crippen molar-refractivity contribution < 1.29 is 9.53 Å². The number of primary amides is 1. The van der Waals surface area contributed by atoms with E-state index in [0.29, 0.717) is 30.4 Å². The van der Waals surface area contributed by atoms with Gasteiger partial charge in [0.25, 0.3) is 0 Å². The lowest BCUT2D eigenvalue weighted by molar-refractivity contribution is -0.149. The summed E-state index contributed by atoms with van der Waals surface area (Å²) in [6.07, 6.45) is 12.5. The first-order valence-electron chi connectivity index (χ1n) is 13.1. The largest absolute Gasteiger partial charge is 0.493 e. The van der Waals surface area contributed by atoms with Gasteiger partial charge in [-0.3, -0.25) is 4.79 Å². The molecule has 4 saturated carbocycles. The highest BCUT2D eigenvalue weighted by Crippen LogP contribution is 2.62. The van der Waals surface area contributed by atoms with E-state index in [1.54, 1.807) is 12.5 Å². The lowest BCUT2D eigenvalue weighted by Crippen LogP contribution is -2.62. The standard InChI is InChI=1S/C28H34N6O2/c1-27(2)21(15-36-23-5-3-22(4-6-23)33-8-7-31-17-33)14-34(26(27)32-16-29)24-19-9-18-10-20(24)13-28(11-18,12-19)25(30)35/h3-8,17-21,24H,9-15H2,1-2H3,(H2,30,35). The molecule has 2 aromatic rings. The van der Waals surface area contributed by atoms with Crippen LogP contribution in [-0.4, -0.2) is 45.4 Å². The summed E-state index contributed by atoms with van der Waals surface area (Å²) in [5.74, 6) is 3.24. The smallest absolute Gasteiger partial charge is 0.223 e. The molecule has 1 amide bonds. The van der Waals surface area contributed by atoms with Gasteiger partial charge in [0.1, 0.15) is 11.6 Å². The molecule has 4 bridgehead atoms. The number of amides is 1. The van der Waals surface area contributed by atoms with Gasteiger partial charge in [0.05, 0.1) is 12.9 Å². The van der Waals surface area contributed by atoms with Crippen molar-refractivity contribution in [3.05, 3.63) is 43.0 Å². The first-order chi connectivity index (χ1) is 17.3. The normalized spacial score (nSPS) is 35.2. The van der Waals surface area contributed by atoms with E-state index in [-0.39, 0.29) is 22.7 Å². The van der Waals surface area contributed by atoms with Crippen LogP contribution in [0.1, 0.15) is 46.0 Å². The van der Waals surface area contributed by atoms with Crippen LogP contribution in [0.2, 0.25) is 0 Å². The van der Waals surface area contributed by atoms with Crippen molar-refractivity contribution in [3.8, 4) is 17.6 Å². The summed E-state index contributed by atoms with van der Waals surface area (Å²) < 4.78 is 8.23. The topological polar surface area (TPSA) is 110 Å². The number of aromatic nitrogens is 2. The van der Waals surface area contributed by atoms with Gasteiger partial charge in [-0.15, -0.1) is 0 Å². The Hall–Kier alpha value is -3.34. The molecule has 8 nitrogen and oxygen atoms in total. The molecule has 188 valence electrons. The predicted octanol–water partition coefficient (Wildman–Crippen LogP) is 3.77. The number of carbonyl (C=O) groups is 1. The molecule has 5 fully saturated rings. The van der Waals surface area contributed by atoms with E-state index >= 15 is 0 Å². The van der Waals surface area contributed by atoms with Gasteiger partial charge < -0.3 is 19.9 Å². The van der Waals surface area contributed by atoms with Crippen molar-refractivity contribution >= 4 is 11.7 Å². The fourth-order valence-corrected chi connectivity index (χ4v) is 8.02. The molecular formula is C28H34N6O2. The monoisotopic (exact) mass is 486 g/mol. The van der Waals surface area contributed by atoms with Gasteiger partial charge in [-0.2, -0.15) is 10.3 Å². The highest BCUT2D eigenvalue weighted by molar-refractivity contribution is 5.91. The highest BCUT2D eigenvalue weighted by Gasteiger charge is 2.61. The van der Waals surface area contributed by atoms with Gasteiger partial charge in [0.15, 0.2) is 0 Å². The third kappa shape index (κ3) is 3.59. The second kappa shape index (κ2) is 8.36. The molecule has 3 atom stereocenters. The third-order valence-electron chi connectivity index (χ3n) is 9.64. The molecule has 1 aromatic carbocycles. The van der Waals surface area contributed by atoms with Crippen LogP contribution in [0.15, 0.2) is 48.0 Å². The van der Waals surface area contributed by atoms with E-state index < -0.39 is 0 Å². The zero-order valence-corrected chi connectivity index (χ0v) is 21.0. The van der Waals surface area contributed by atoms with Crippen LogP contribution in [0.3, 0.4) is 0 Å². The average Bonchev–Trinajstić information content (AvgIpc) is 3.46. The molecule has 3 unspecified atom stereocenters. The Kier molecular flexibility index (Phi) is 5.36. The van der Waals surface area contributed by atoms with Crippen molar-refractivity contribution in [1.82, 2.24) is 14.5 Å². The number of carbonyl (C=O) groups excluding carboxylic acids is 1. The van der Waals surface area contributed by atoms with Crippen LogP contribution in [-0.2, 0) is 4.79 Å². The van der Waals surface area contributed by atoms with Gasteiger partial charge in [-0.05, 0) is 74.1 Å². The number of amidine groups is 1. The number of benzene rings is 1. The summed E-state index contributed by atoms with van der Waals surface area (Å²) in [6, 6.07) is 8.34. The number of nitrogens with zero attached hydrogens (tertiary/aromatic N) is 5. The number of hydrogen-bond acceptors (Lipinski definition) is 5. The fraction of sp³-hybridized carbons (Fsp3) is 0.571. The quantitative estimate of drug-likeness (QED) is 0.625. The first kappa shape index (κ1) is 23.1. The molecule has 0 radical (unpaired) electrons. The number of ether oxygens (including phenoxy) is 1. The Bertz CT molecular complexity index is 1200. The maximum Gasteiger partial charge on any atom is 0.223 e. The van der Waals surface area contributed by atoms with E-state index in [1.807, 2.05) is 35.0 Å². The number of nitrogens with two attached hydrogens (primary N) is 1. The summed E-state index contributed by atoms with van der Waals surface area (Å²) in [4.78, 5) is 23.3. The number of hydrogen-bond donors (Lipinski definition) is 1. The molecule has 36 heavy (non-hydrogen) atoms. The third-order valence-corrected chi connectivity index (χ3v) is 9.64. The van der Waals surface area contributed by atoms with E-state index in [4.69, 9.17) is 10.5 Å². The maximum atomic E-state index is 12.4. The molecule has 4 aliphatic carbocycles. The van der Waals surface area contributed by atoms with Gasteiger partial charge in [-0.1, -0.05) is 13.8 Å². The highest BCUT2D eigenvalue weighted by atomic mass is 16.5. The van der Waals surface area contributed by atoms with Gasteiger partial charge in [-0.25, -0.2) is 4.98 Å². The lowest BCUT2D eigenvalue weighted by atomic mass is 9.47. The van der Waals surface area contributed by atoms with Crippen molar-refractivity contribution in [2.24, 2.45) is 45.2 Å². The van der Waals surface area contributed by atoms with Gasteiger partial charge in [0, 0.05) is 47.4 Å². The average molecular weight is 487 g/mol. The minimum absolute atomic E-state index is 0.113. The number of aliphatic imine (C=N–C) groups is 1. The van der Waals surface area contributed by atoms with Crippen LogP contribution < -0.4 is 10.5 Å². The van der Waals surface area contributed by atoms with E-state index in [0.717, 1.165) is 55.9 Å². The Morgan fingerprint density at radius 1 is 1.22 bits per heavy atom. The minimum atomic E-state index is -0.319. The maximum absolute atomic E-state index is 12.4.